The number of pyridine rings is 1. The second-order valence-corrected chi connectivity index (χ2v) is 7.18. The van der Waals surface area contributed by atoms with Gasteiger partial charge in [-0.3, -0.25) is 9.78 Å². The van der Waals surface area contributed by atoms with Crippen molar-refractivity contribution < 1.29 is 9.18 Å². The standard InChI is InChI=1S/C20H22FN7O/c21-13-5-3-4-11-8-12(9-24-17(11)13)26-20-18(19(23)29)25-10-16(28-20)27-15-7-2-1-6-14(15)22/h3-5,8-10,14-15H,1-2,6-7,22H2,(H2,23,29)(H2,26,27,28). The molecule has 4 rings (SSSR count). The number of carbonyl (C=O) groups excluding carboxylic acids is 1. The lowest BCUT2D eigenvalue weighted by Gasteiger charge is -2.29. The van der Waals surface area contributed by atoms with Crippen LogP contribution in [-0.4, -0.2) is 32.9 Å². The molecule has 2 aromatic heterocycles. The third kappa shape index (κ3) is 4.09. The van der Waals surface area contributed by atoms with Crippen LogP contribution in [0.2, 0.25) is 0 Å². The van der Waals surface area contributed by atoms with Crippen LogP contribution in [0, 0.1) is 5.82 Å². The highest BCUT2D eigenvalue weighted by atomic mass is 19.1. The Hall–Kier alpha value is -3.33. The summed E-state index contributed by atoms with van der Waals surface area (Å²) in [4.78, 5) is 24.6. The van der Waals surface area contributed by atoms with E-state index in [9.17, 15) is 9.18 Å². The van der Waals surface area contributed by atoms with E-state index in [1.807, 2.05) is 0 Å². The molecular weight excluding hydrogens is 373 g/mol. The van der Waals surface area contributed by atoms with Crippen molar-refractivity contribution in [3.63, 3.8) is 0 Å². The van der Waals surface area contributed by atoms with Crippen molar-refractivity contribution in [2.24, 2.45) is 11.5 Å². The first kappa shape index (κ1) is 19.0. The number of rotatable bonds is 5. The van der Waals surface area contributed by atoms with Gasteiger partial charge in [0.25, 0.3) is 5.91 Å². The van der Waals surface area contributed by atoms with Gasteiger partial charge in [0.15, 0.2) is 11.5 Å². The zero-order valence-electron chi connectivity index (χ0n) is 15.7. The van der Waals surface area contributed by atoms with E-state index in [0.29, 0.717) is 16.9 Å². The number of halogens is 1. The van der Waals surface area contributed by atoms with Crippen molar-refractivity contribution in [3.8, 4) is 0 Å². The Balaban J connectivity index is 1.63. The first-order chi connectivity index (χ1) is 14.0. The minimum absolute atomic E-state index is 0.00262. The Morgan fingerprint density at radius 3 is 2.79 bits per heavy atom. The molecule has 1 aromatic carbocycles. The zero-order valence-corrected chi connectivity index (χ0v) is 15.7. The van der Waals surface area contributed by atoms with Crippen molar-refractivity contribution in [2.45, 2.75) is 37.8 Å². The van der Waals surface area contributed by atoms with Gasteiger partial charge >= 0.3 is 0 Å². The number of para-hydroxylation sites is 1. The van der Waals surface area contributed by atoms with Gasteiger partial charge in [-0.1, -0.05) is 25.0 Å². The number of nitrogens with one attached hydrogen (secondary N) is 2. The second kappa shape index (κ2) is 7.96. The summed E-state index contributed by atoms with van der Waals surface area (Å²) in [6.07, 6.45) is 7.06. The number of carbonyl (C=O) groups is 1. The predicted octanol–water partition coefficient (Wildman–Crippen LogP) is 2.69. The fourth-order valence-corrected chi connectivity index (χ4v) is 3.58. The number of aromatic nitrogens is 3. The largest absolute Gasteiger partial charge is 0.364 e. The molecule has 8 nitrogen and oxygen atoms in total. The summed E-state index contributed by atoms with van der Waals surface area (Å²) < 4.78 is 13.8. The van der Waals surface area contributed by atoms with Gasteiger partial charge in [-0.2, -0.15) is 0 Å². The van der Waals surface area contributed by atoms with E-state index in [2.05, 4.69) is 25.6 Å². The molecule has 1 amide bonds. The summed E-state index contributed by atoms with van der Waals surface area (Å²) in [5.41, 5.74) is 12.4. The predicted molar refractivity (Wildman–Crippen MR) is 109 cm³/mol. The number of hydrogen-bond donors (Lipinski definition) is 4. The molecule has 0 aliphatic heterocycles. The second-order valence-electron chi connectivity index (χ2n) is 7.18. The van der Waals surface area contributed by atoms with Crippen molar-refractivity contribution >= 4 is 34.1 Å². The number of nitrogens with zero attached hydrogens (tertiary/aromatic N) is 3. The molecule has 2 unspecified atom stereocenters. The number of primary amides is 1. The summed E-state index contributed by atoms with van der Waals surface area (Å²) in [6, 6.07) is 6.56. The smallest absolute Gasteiger partial charge is 0.271 e. The van der Waals surface area contributed by atoms with Crippen LogP contribution in [0.1, 0.15) is 36.2 Å². The Morgan fingerprint density at radius 1 is 1.17 bits per heavy atom. The molecule has 0 saturated heterocycles. The van der Waals surface area contributed by atoms with Gasteiger partial charge in [-0.15, -0.1) is 0 Å². The molecule has 1 fully saturated rings. The SMILES string of the molecule is NC(=O)c1ncc(NC2CCCCC2N)nc1Nc1cnc2c(F)cccc2c1. The Bertz CT molecular complexity index is 1060. The minimum atomic E-state index is -0.708. The van der Waals surface area contributed by atoms with E-state index in [4.69, 9.17) is 11.5 Å². The Kier molecular flexibility index (Phi) is 5.22. The maximum Gasteiger partial charge on any atom is 0.271 e. The Labute approximate surface area is 166 Å². The topological polar surface area (TPSA) is 132 Å². The van der Waals surface area contributed by atoms with Gasteiger partial charge in [0, 0.05) is 17.5 Å². The molecule has 1 aliphatic rings. The molecule has 0 bridgehead atoms. The molecule has 2 heterocycles. The van der Waals surface area contributed by atoms with Crippen LogP contribution in [0.25, 0.3) is 10.9 Å². The van der Waals surface area contributed by atoms with Gasteiger partial charge in [0.05, 0.1) is 18.1 Å². The van der Waals surface area contributed by atoms with Crippen LogP contribution in [0.4, 0.5) is 21.7 Å². The average Bonchev–Trinajstić information content (AvgIpc) is 2.70. The highest BCUT2D eigenvalue weighted by Crippen LogP contribution is 2.25. The summed E-state index contributed by atoms with van der Waals surface area (Å²) >= 11 is 0. The molecule has 6 N–H and O–H groups in total. The van der Waals surface area contributed by atoms with Gasteiger partial charge in [-0.05, 0) is 25.0 Å². The maximum atomic E-state index is 13.8. The molecular formula is C20H22FN7O. The zero-order chi connectivity index (χ0) is 20.4. The number of fused-ring (bicyclic) bond motifs is 1. The quantitative estimate of drug-likeness (QED) is 0.522. The third-order valence-corrected chi connectivity index (χ3v) is 5.08. The van der Waals surface area contributed by atoms with Crippen molar-refractivity contribution in [2.75, 3.05) is 10.6 Å². The summed E-state index contributed by atoms with van der Waals surface area (Å²) in [5, 5.41) is 6.94. The molecule has 150 valence electrons. The number of hydrogen-bond acceptors (Lipinski definition) is 7. The van der Waals surface area contributed by atoms with E-state index in [0.717, 1.165) is 25.7 Å². The monoisotopic (exact) mass is 395 g/mol. The fourth-order valence-electron chi connectivity index (χ4n) is 3.58. The average molecular weight is 395 g/mol. The van der Waals surface area contributed by atoms with E-state index in [1.54, 1.807) is 18.2 Å². The number of anilines is 3. The number of benzene rings is 1. The molecule has 9 heteroatoms. The normalized spacial score (nSPS) is 19.1. The van der Waals surface area contributed by atoms with Gasteiger partial charge in [0.2, 0.25) is 0 Å². The maximum absolute atomic E-state index is 13.8. The first-order valence-corrected chi connectivity index (χ1v) is 9.51. The lowest BCUT2D eigenvalue weighted by Crippen LogP contribution is -2.42. The third-order valence-electron chi connectivity index (χ3n) is 5.08. The lowest BCUT2D eigenvalue weighted by atomic mass is 9.91. The summed E-state index contributed by atoms with van der Waals surface area (Å²) in [5.74, 6) is -0.411. The fraction of sp³-hybridized carbons (Fsp3) is 0.300. The lowest BCUT2D eigenvalue weighted by molar-refractivity contribution is 0.0996. The number of nitrogens with two attached hydrogens (primary N) is 2. The highest BCUT2D eigenvalue weighted by molar-refractivity contribution is 5.96. The van der Waals surface area contributed by atoms with Crippen LogP contribution in [0.3, 0.4) is 0 Å². The van der Waals surface area contributed by atoms with E-state index < -0.39 is 11.7 Å². The van der Waals surface area contributed by atoms with E-state index >= 15 is 0 Å². The Morgan fingerprint density at radius 2 is 2.00 bits per heavy atom. The van der Waals surface area contributed by atoms with E-state index in [-0.39, 0.29) is 29.1 Å². The van der Waals surface area contributed by atoms with E-state index in [1.165, 1.54) is 18.5 Å². The first-order valence-electron chi connectivity index (χ1n) is 9.51. The van der Waals surface area contributed by atoms with Gasteiger partial charge < -0.3 is 22.1 Å². The molecule has 0 radical (unpaired) electrons. The molecule has 2 atom stereocenters. The van der Waals surface area contributed by atoms with Crippen LogP contribution < -0.4 is 22.1 Å². The van der Waals surface area contributed by atoms with Gasteiger partial charge in [0.1, 0.15) is 17.2 Å². The van der Waals surface area contributed by atoms with Crippen LogP contribution in [0.15, 0.2) is 36.7 Å². The van der Waals surface area contributed by atoms with Crippen molar-refractivity contribution in [1.82, 2.24) is 15.0 Å². The van der Waals surface area contributed by atoms with Gasteiger partial charge in [-0.25, -0.2) is 14.4 Å². The highest BCUT2D eigenvalue weighted by Gasteiger charge is 2.23. The molecule has 29 heavy (non-hydrogen) atoms. The minimum Gasteiger partial charge on any atom is -0.364 e. The van der Waals surface area contributed by atoms with Crippen molar-refractivity contribution in [3.05, 3.63) is 48.2 Å². The molecule has 3 aromatic rings. The van der Waals surface area contributed by atoms with Crippen LogP contribution >= 0.6 is 0 Å². The summed E-state index contributed by atoms with van der Waals surface area (Å²) in [7, 11) is 0. The number of amides is 1. The van der Waals surface area contributed by atoms with Crippen LogP contribution in [0.5, 0.6) is 0 Å². The molecule has 1 saturated carbocycles. The van der Waals surface area contributed by atoms with Crippen molar-refractivity contribution in [1.29, 1.82) is 0 Å². The molecule has 0 spiro atoms. The summed E-state index contributed by atoms with van der Waals surface area (Å²) in [6.45, 7) is 0. The molecule has 1 aliphatic carbocycles. The van der Waals surface area contributed by atoms with Crippen LogP contribution in [-0.2, 0) is 0 Å².